The number of nitrogens with zero attached hydrogens (tertiary/aromatic N) is 4. The summed E-state index contributed by atoms with van der Waals surface area (Å²) >= 11 is 0. The number of fused-ring (bicyclic) bond motifs is 3. The molecular weight excluding hydrogens is 332 g/mol. The van der Waals surface area contributed by atoms with Crippen LogP contribution in [0, 0.1) is 11.3 Å². The van der Waals surface area contributed by atoms with Crippen molar-refractivity contribution in [1.29, 1.82) is 5.26 Å². The lowest BCUT2D eigenvalue weighted by atomic mass is 10.1. The number of hydrogen-bond acceptors (Lipinski definition) is 3. The third kappa shape index (κ3) is 2.78. The fraction of sp³-hybridized carbons (Fsp3) is 0.174. The maximum Gasteiger partial charge on any atom is 0.0991 e. The quantitative estimate of drug-likeness (QED) is 0.531. The highest BCUT2D eigenvalue weighted by Gasteiger charge is 2.14. The van der Waals surface area contributed by atoms with Crippen LogP contribution in [0.4, 0.5) is 11.4 Å². The molecule has 4 aromatic rings. The fourth-order valence-corrected chi connectivity index (χ4v) is 3.52. The van der Waals surface area contributed by atoms with E-state index in [0.29, 0.717) is 5.56 Å². The lowest BCUT2D eigenvalue weighted by Crippen LogP contribution is -2.08. The van der Waals surface area contributed by atoms with Crippen molar-refractivity contribution >= 4 is 33.2 Å². The van der Waals surface area contributed by atoms with E-state index < -0.39 is 0 Å². The second kappa shape index (κ2) is 6.37. The zero-order chi connectivity index (χ0) is 19.1. The summed E-state index contributed by atoms with van der Waals surface area (Å²) < 4.78 is 2.27. The Hall–Kier alpha value is -3.45. The Morgan fingerprint density at radius 1 is 0.704 bits per heavy atom. The fourth-order valence-electron chi connectivity index (χ4n) is 3.52. The van der Waals surface area contributed by atoms with Gasteiger partial charge in [-0.1, -0.05) is 0 Å². The van der Waals surface area contributed by atoms with Gasteiger partial charge in [0.15, 0.2) is 0 Å². The number of rotatable bonds is 3. The van der Waals surface area contributed by atoms with E-state index in [2.05, 4.69) is 85.0 Å². The van der Waals surface area contributed by atoms with Gasteiger partial charge in [0.25, 0.3) is 0 Å². The van der Waals surface area contributed by atoms with Crippen LogP contribution in [0.15, 0.2) is 60.7 Å². The van der Waals surface area contributed by atoms with Crippen LogP contribution < -0.4 is 9.80 Å². The monoisotopic (exact) mass is 354 g/mol. The molecule has 0 atom stereocenters. The molecule has 0 saturated heterocycles. The molecule has 134 valence electrons. The van der Waals surface area contributed by atoms with Crippen LogP contribution in [0.3, 0.4) is 0 Å². The molecule has 0 bridgehead atoms. The predicted molar refractivity (Wildman–Crippen MR) is 114 cm³/mol. The first-order valence-electron chi connectivity index (χ1n) is 8.93. The first-order valence-corrected chi connectivity index (χ1v) is 8.93. The summed E-state index contributed by atoms with van der Waals surface area (Å²) in [6, 6.07) is 23.1. The van der Waals surface area contributed by atoms with Crippen LogP contribution in [0.1, 0.15) is 5.56 Å². The molecule has 0 aliphatic rings. The van der Waals surface area contributed by atoms with Gasteiger partial charge in [0, 0.05) is 56.0 Å². The van der Waals surface area contributed by atoms with Crippen molar-refractivity contribution in [3.8, 4) is 11.8 Å². The van der Waals surface area contributed by atoms with E-state index in [-0.39, 0.29) is 0 Å². The smallest absolute Gasteiger partial charge is 0.0991 e. The summed E-state index contributed by atoms with van der Waals surface area (Å²) in [5.74, 6) is 0. The number of aromatic nitrogens is 1. The largest absolute Gasteiger partial charge is 0.378 e. The average molecular weight is 354 g/mol. The van der Waals surface area contributed by atoms with Crippen molar-refractivity contribution in [2.75, 3.05) is 38.0 Å². The topological polar surface area (TPSA) is 35.2 Å². The third-order valence-corrected chi connectivity index (χ3v) is 5.02. The zero-order valence-electron chi connectivity index (χ0n) is 16.1. The molecule has 1 heterocycles. The summed E-state index contributed by atoms with van der Waals surface area (Å²) in [4.78, 5) is 4.25. The Kier molecular flexibility index (Phi) is 4.01. The van der Waals surface area contributed by atoms with Crippen molar-refractivity contribution in [3.63, 3.8) is 0 Å². The first kappa shape index (κ1) is 17.0. The highest BCUT2D eigenvalue weighted by Crippen LogP contribution is 2.36. The Morgan fingerprint density at radius 3 is 1.59 bits per heavy atom. The second-order valence-corrected chi connectivity index (χ2v) is 7.19. The molecule has 0 aliphatic heterocycles. The second-order valence-electron chi connectivity index (χ2n) is 7.19. The van der Waals surface area contributed by atoms with E-state index >= 15 is 0 Å². The molecule has 0 fully saturated rings. The summed E-state index contributed by atoms with van der Waals surface area (Å²) in [6.07, 6.45) is 0. The Bertz CT molecular complexity index is 1110. The van der Waals surface area contributed by atoms with Crippen LogP contribution in [0.2, 0.25) is 0 Å². The number of benzene rings is 3. The standard InChI is InChI=1S/C23H22N4/c1-25(2)18-9-11-22-20(13-18)21-14-19(26(3)4)10-12-23(21)27(22)17-7-5-16(15-24)6-8-17/h5-14H,1-4H3. The van der Waals surface area contributed by atoms with Crippen molar-refractivity contribution < 1.29 is 0 Å². The normalized spacial score (nSPS) is 10.9. The minimum Gasteiger partial charge on any atom is -0.378 e. The maximum absolute atomic E-state index is 9.10. The van der Waals surface area contributed by atoms with Crippen LogP contribution >= 0.6 is 0 Å². The van der Waals surface area contributed by atoms with Gasteiger partial charge in [0.05, 0.1) is 22.7 Å². The van der Waals surface area contributed by atoms with Crippen LogP contribution in [-0.4, -0.2) is 32.8 Å². The first-order chi connectivity index (χ1) is 13.0. The van der Waals surface area contributed by atoms with Gasteiger partial charge in [0.1, 0.15) is 0 Å². The molecular formula is C23H22N4. The van der Waals surface area contributed by atoms with Crippen LogP contribution in [-0.2, 0) is 0 Å². The number of nitriles is 1. The maximum atomic E-state index is 9.10. The van der Waals surface area contributed by atoms with Gasteiger partial charge in [-0.25, -0.2) is 0 Å². The molecule has 4 heteroatoms. The van der Waals surface area contributed by atoms with Crippen molar-refractivity contribution in [1.82, 2.24) is 4.57 Å². The van der Waals surface area contributed by atoms with E-state index in [1.54, 1.807) is 0 Å². The average Bonchev–Trinajstić information content (AvgIpc) is 3.01. The number of hydrogen-bond donors (Lipinski definition) is 0. The molecule has 0 saturated carbocycles. The van der Waals surface area contributed by atoms with Crippen molar-refractivity contribution in [2.45, 2.75) is 0 Å². The molecule has 4 nitrogen and oxygen atoms in total. The molecule has 0 N–H and O–H groups in total. The lowest BCUT2D eigenvalue weighted by Gasteiger charge is -2.13. The van der Waals surface area contributed by atoms with E-state index in [4.69, 9.17) is 5.26 Å². The predicted octanol–water partition coefficient (Wildman–Crippen LogP) is 4.79. The lowest BCUT2D eigenvalue weighted by molar-refractivity contribution is 1.13. The van der Waals surface area contributed by atoms with Gasteiger partial charge in [-0.3, -0.25) is 0 Å². The van der Waals surface area contributed by atoms with Gasteiger partial charge in [-0.2, -0.15) is 5.26 Å². The van der Waals surface area contributed by atoms with Crippen molar-refractivity contribution in [3.05, 3.63) is 66.2 Å². The minimum atomic E-state index is 0.671. The van der Waals surface area contributed by atoms with E-state index in [0.717, 1.165) is 16.7 Å². The van der Waals surface area contributed by atoms with Crippen LogP contribution in [0.25, 0.3) is 27.5 Å². The van der Waals surface area contributed by atoms with Gasteiger partial charge >= 0.3 is 0 Å². The van der Waals surface area contributed by atoms with Crippen molar-refractivity contribution in [2.24, 2.45) is 0 Å². The Morgan fingerprint density at radius 2 is 1.19 bits per heavy atom. The Labute approximate surface area is 159 Å². The third-order valence-electron chi connectivity index (χ3n) is 5.02. The zero-order valence-corrected chi connectivity index (χ0v) is 16.1. The molecule has 4 rings (SSSR count). The van der Waals surface area contributed by atoms with Gasteiger partial charge in [-0.05, 0) is 60.7 Å². The molecule has 0 amide bonds. The summed E-state index contributed by atoms with van der Waals surface area (Å²) in [5.41, 5.74) is 6.41. The summed E-state index contributed by atoms with van der Waals surface area (Å²) in [5, 5.41) is 11.6. The highest BCUT2D eigenvalue weighted by atomic mass is 15.1. The SMILES string of the molecule is CN(C)c1ccc2c(c1)c1cc(N(C)C)ccc1n2-c1ccc(C#N)cc1. The summed E-state index contributed by atoms with van der Waals surface area (Å²) in [7, 11) is 8.25. The van der Waals surface area contributed by atoms with Gasteiger partial charge in [0.2, 0.25) is 0 Å². The Balaban J connectivity index is 2.08. The minimum absolute atomic E-state index is 0.671. The molecule has 0 radical (unpaired) electrons. The van der Waals surface area contributed by atoms with E-state index in [9.17, 15) is 0 Å². The molecule has 3 aromatic carbocycles. The molecule has 1 aromatic heterocycles. The van der Waals surface area contributed by atoms with E-state index in [1.807, 2.05) is 24.3 Å². The summed E-state index contributed by atoms with van der Waals surface area (Å²) in [6.45, 7) is 0. The van der Waals surface area contributed by atoms with Gasteiger partial charge < -0.3 is 14.4 Å². The van der Waals surface area contributed by atoms with E-state index in [1.165, 1.54) is 22.1 Å². The molecule has 0 unspecified atom stereocenters. The molecule has 0 aliphatic carbocycles. The molecule has 27 heavy (non-hydrogen) atoms. The number of anilines is 2. The van der Waals surface area contributed by atoms with Crippen LogP contribution in [0.5, 0.6) is 0 Å². The highest BCUT2D eigenvalue weighted by molar-refractivity contribution is 6.11. The molecule has 0 spiro atoms. The van der Waals surface area contributed by atoms with Gasteiger partial charge in [-0.15, -0.1) is 0 Å².